The average molecular weight is 252 g/mol. The summed E-state index contributed by atoms with van der Waals surface area (Å²) < 4.78 is 0. The zero-order chi connectivity index (χ0) is 13.0. The lowest BCUT2D eigenvalue weighted by molar-refractivity contribution is 0.254. The minimum atomic E-state index is 0.340. The monoisotopic (exact) mass is 252 g/mol. The van der Waals surface area contributed by atoms with Gasteiger partial charge in [-0.2, -0.15) is 0 Å². The third kappa shape index (κ3) is 1.27. The Bertz CT molecular complexity index is 644. The summed E-state index contributed by atoms with van der Waals surface area (Å²) in [6.45, 7) is 4.78. The molecule has 2 aliphatic rings. The normalized spacial score (nSPS) is 32.5. The highest BCUT2D eigenvalue weighted by Crippen LogP contribution is 2.57. The summed E-state index contributed by atoms with van der Waals surface area (Å²) in [7, 11) is 0. The van der Waals surface area contributed by atoms with Gasteiger partial charge in [-0.25, -0.2) is 0 Å². The van der Waals surface area contributed by atoms with Crippen molar-refractivity contribution in [3.8, 4) is 0 Å². The number of fused-ring (bicyclic) bond motifs is 1. The van der Waals surface area contributed by atoms with Crippen LogP contribution in [0.2, 0.25) is 0 Å². The first-order valence-electron chi connectivity index (χ1n) is 7.48. The number of hydrogen-bond acceptors (Lipinski definition) is 2. The van der Waals surface area contributed by atoms with E-state index in [9.17, 15) is 0 Å². The maximum Gasteiger partial charge on any atom is 0.0362 e. The summed E-state index contributed by atoms with van der Waals surface area (Å²) in [6, 6.07) is 0. The van der Waals surface area contributed by atoms with Gasteiger partial charge in [-0.3, -0.25) is 9.97 Å². The molecule has 4 rings (SSSR count). The van der Waals surface area contributed by atoms with Crippen molar-refractivity contribution in [2.75, 3.05) is 0 Å². The highest BCUT2D eigenvalue weighted by molar-refractivity contribution is 5.90. The summed E-state index contributed by atoms with van der Waals surface area (Å²) >= 11 is 0. The Hall–Kier alpha value is -1.44. The third-order valence-corrected chi connectivity index (χ3v) is 5.77. The highest BCUT2D eigenvalue weighted by Gasteiger charge is 2.52. The van der Waals surface area contributed by atoms with E-state index in [0.717, 1.165) is 11.8 Å². The van der Waals surface area contributed by atoms with Crippen molar-refractivity contribution in [2.45, 2.75) is 44.9 Å². The molecule has 0 bridgehead atoms. The molecule has 3 atom stereocenters. The molecule has 0 aromatic carbocycles. The van der Waals surface area contributed by atoms with Crippen molar-refractivity contribution in [1.29, 1.82) is 0 Å². The lowest BCUT2D eigenvalue weighted by Crippen LogP contribution is -2.35. The standard InChI is InChI=1S/C17H20N2/c1-3-14-5-4-11(2)17(14)6-12-7-18-8-13-9-19-10-15(17)16(12)13/h7-11,14H,3-6H2,1-2H3. The van der Waals surface area contributed by atoms with Crippen molar-refractivity contribution in [2.24, 2.45) is 11.8 Å². The molecule has 2 aromatic rings. The summed E-state index contributed by atoms with van der Waals surface area (Å²) in [5, 5.41) is 2.68. The minimum Gasteiger partial charge on any atom is -0.264 e. The van der Waals surface area contributed by atoms with E-state index in [-0.39, 0.29) is 0 Å². The molecule has 2 aliphatic carbocycles. The molecule has 2 heterocycles. The van der Waals surface area contributed by atoms with Crippen LogP contribution in [-0.4, -0.2) is 9.97 Å². The minimum absolute atomic E-state index is 0.340. The van der Waals surface area contributed by atoms with E-state index in [1.807, 2.05) is 12.4 Å². The molecule has 0 N–H and O–H groups in total. The molecule has 1 saturated carbocycles. The highest BCUT2D eigenvalue weighted by atomic mass is 14.7. The molecule has 2 aromatic heterocycles. The first-order chi connectivity index (χ1) is 9.27. The van der Waals surface area contributed by atoms with Gasteiger partial charge in [-0.05, 0) is 47.6 Å². The van der Waals surface area contributed by atoms with E-state index in [1.54, 1.807) is 0 Å². The Labute approximate surface area is 114 Å². The Morgan fingerprint density at radius 1 is 1.16 bits per heavy atom. The lowest BCUT2D eigenvalue weighted by Gasteiger charge is -2.36. The maximum atomic E-state index is 4.50. The topological polar surface area (TPSA) is 25.8 Å². The Morgan fingerprint density at radius 2 is 1.95 bits per heavy atom. The summed E-state index contributed by atoms with van der Waals surface area (Å²) in [6.07, 6.45) is 13.3. The lowest BCUT2D eigenvalue weighted by atomic mass is 9.67. The van der Waals surface area contributed by atoms with Gasteiger partial charge in [0.05, 0.1) is 0 Å². The average Bonchev–Trinajstić information content (AvgIpc) is 2.93. The first-order valence-corrected chi connectivity index (χ1v) is 7.48. The SMILES string of the molecule is CCC1CCC(C)C12Cc1cncc3cncc2c13. The Kier molecular flexibility index (Phi) is 2.27. The molecule has 0 amide bonds. The number of aromatic nitrogens is 2. The molecule has 0 saturated heterocycles. The van der Waals surface area contributed by atoms with Gasteiger partial charge in [-0.1, -0.05) is 20.3 Å². The molecule has 1 spiro atoms. The van der Waals surface area contributed by atoms with Gasteiger partial charge < -0.3 is 0 Å². The van der Waals surface area contributed by atoms with Crippen molar-refractivity contribution in [3.05, 3.63) is 35.9 Å². The van der Waals surface area contributed by atoms with Gasteiger partial charge in [-0.15, -0.1) is 0 Å². The van der Waals surface area contributed by atoms with E-state index in [2.05, 4.69) is 36.2 Å². The van der Waals surface area contributed by atoms with Gasteiger partial charge in [0.15, 0.2) is 0 Å². The van der Waals surface area contributed by atoms with Crippen LogP contribution in [0.3, 0.4) is 0 Å². The molecule has 19 heavy (non-hydrogen) atoms. The van der Waals surface area contributed by atoms with Crippen LogP contribution in [0.5, 0.6) is 0 Å². The predicted molar refractivity (Wildman–Crippen MR) is 77.1 cm³/mol. The van der Waals surface area contributed by atoms with E-state index >= 15 is 0 Å². The summed E-state index contributed by atoms with van der Waals surface area (Å²) in [4.78, 5) is 8.91. The second-order valence-electron chi connectivity index (χ2n) is 6.38. The van der Waals surface area contributed by atoms with Crippen LogP contribution in [0.4, 0.5) is 0 Å². The van der Waals surface area contributed by atoms with Crippen molar-refractivity contribution < 1.29 is 0 Å². The Balaban J connectivity index is 2.03. The van der Waals surface area contributed by atoms with Crippen LogP contribution in [0.15, 0.2) is 24.8 Å². The van der Waals surface area contributed by atoms with Crippen LogP contribution in [-0.2, 0) is 11.8 Å². The first kappa shape index (κ1) is 11.4. The van der Waals surface area contributed by atoms with E-state index in [1.165, 1.54) is 47.6 Å². The van der Waals surface area contributed by atoms with Gasteiger partial charge in [0.1, 0.15) is 0 Å². The maximum absolute atomic E-state index is 4.50. The molecule has 98 valence electrons. The van der Waals surface area contributed by atoms with Crippen LogP contribution < -0.4 is 0 Å². The molecule has 1 fully saturated rings. The fourth-order valence-electron chi connectivity index (χ4n) is 4.84. The number of rotatable bonds is 1. The number of nitrogens with zero attached hydrogens (tertiary/aromatic N) is 2. The fourth-order valence-corrected chi connectivity index (χ4v) is 4.84. The molecule has 0 radical (unpaired) electrons. The predicted octanol–water partition coefficient (Wildman–Crippen LogP) is 3.88. The van der Waals surface area contributed by atoms with Crippen LogP contribution in [0.1, 0.15) is 44.2 Å². The van der Waals surface area contributed by atoms with Gasteiger partial charge in [0.25, 0.3) is 0 Å². The number of hydrogen-bond donors (Lipinski definition) is 0. The van der Waals surface area contributed by atoms with Gasteiger partial charge >= 0.3 is 0 Å². The molecule has 2 nitrogen and oxygen atoms in total. The summed E-state index contributed by atoms with van der Waals surface area (Å²) in [5.74, 6) is 1.57. The van der Waals surface area contributed by atoms with Crippen LogP contribution >= 0.6 is 0 Å². The van der Waals surface area contributed by atoms with Crippen LogP contribution in [0.25, 0.3) is 10.8 Å². The van der Waals surface area contributed by atoms with Gasteiger partial charge in [0, 0.05) is 35.6 Å². The van der Waals surface area contributed by atoms with Crippen molar-refractivity contribution >= 4 is 10.8 Å². The smallest absolute Gasteiger partial charge is 0.0362 e. The zero-order valence-corrected chi connectivity index (χ0v) is 11.7. The van der Waals surface area contributed by atoms with E-state index < -0.39 is 0 Å². The van der Waals surface area contributed by atoms with E-state index in [4.69, 9.17) is 0 Å². The largest absolute Gasteiger partial charge is 0.264 e. The molecule has 3 unspecified atom stereocenters. The summed E-state index contributed by atoms with van der Waals surface area (Å²) in [5.41, 5.74) is 3.30. The molecule has 0 aliphatic heterocycles. The van der Waals surface area contributed by atoms with Crippen molar-refractivity contribution in [1.82, 2.24) is 9.97 Å². The fraction of sp³-hybridized carbons (Fsp3) is 0.529. The molecule has 2 heteroatoms. The van der Waals surface area contributed by atoms with Crippen molar-refractivity contribution in [3.63, 3.8) is 0 Å². The zero-order valence-electron chi connectivity index (χ0n) is 11.7. The van der Waals surface area contributed by atoms with E-state index in [0.29, 0.717) is 5.41 Å². The van der Waals surface area contributed by atoms with Crippen LogP contribution in [0, 0.1) is 11.8 Å². The second kappa shape index (κ2) is 3.78. The third-order valence-electron chi connectivity index (χ3n) is 5.77. The number of pyridine rings is 2. The molecular formula is C17H20N2. The second-order valence-corrected chi connectivity index (χ2v) is 6.38. The quantitative estimate of drug-likeness (QED) is 0.769. The molecular weight excluding hydrogens is 232 g/mol. The Morgan fingerprint density at radius 3 is 2.74 bits per heavy atom. The van der Waals surface area contributed by atoms with Gasteiger partial charge in [0.2, 0.25) is 0 Å².